The van der Waals surface area contributed by atoms with Crippen LogP contribution in [0.5, 0.6) is 5.75 Å². The van der Waals surface area contributed by atoms with Gasteiger partial charge < -0.3 is 15.4 Å². The van der Waals surface area contributed by atoms with Crippen LogP contribution in [-0.2, 0) is 12.7 Å². The molecule has 0 atom stereocenters. The Kier molecular flexibility index (Phi) is 7.69. The first-order valence-corrected chi connectivity index (χ1v) is 5.55. The summed E-state index contributed by atoms with van der Waals surface area (Å²) < 4.78 is 43.6. The summed E-state index contributed by atoms with van der Waals surface area (Å²) in [6.45, 7) is 0.0202. The van der Waals surface area contributed by atoms with Gasteiger partial charge in [0.2, 0.25) is 0 Å². The van der Waals surface area contributed by atoms with Crippen LogP contribution in [0.2, 0.25) is 0 Å². The van der Waals surface area contributed by atoms with Crippen LogP contribution >= 0.6 is 24.0 Å². The molecule has 20 heavy (non-hydrogen) atoms. The van der Waals surface area contributed by atoms with Crippen molar-refractivity contribution in [3.8, 4) is 5.75 Å². The van der Waals surface area contributed by atoms with Gasteiger partial charge in [0.05, 0.1) is 12.7 Å². The van der Waals surface area contributed by atoms with E-state index in [4.69, 9.17) is 4.74 Å². The lowest BCUT2D eigenvalue weighted by Crippen LogP contribution is -2.34. The van der Waals surface area contributed by atoms with Crippen LogP contribution in [-0.4, -0.2) is 27.2 Å². The fourth-order valence-electron chi connectivity index (χ4n) is 1.56. The molecule has 4 nitrogen and oxygen atoms in total. The molecular weight excluding hydrogens is 386 g/mol. The minimum absolute atomic E-state index is 0. The maximum atomic E-state index is 12.9. The van der Waals surface area contributed by atoms with Crippen LogP contribution in [0.25, 0.3) is 0 Å². The lowest BCUT2D eigenvalue weighted by atomic mass is 10.1. The number of hydrogen-bond acceptors (Lipinski definition) is 2. The summed E-state index contributed by atoms with van der Waals surface area (Å²) in [5.74, 6) is 0.595. The van der Waals surface area contributed by atoms with Crippen molar-refractivity contribution in [3.63, 3.8) is 0 Å². The van der Waals surface area contributed by atoms with Crippen molar-refractivity contribution in [2.75, 3.05) is 21.2 Å². The van der Waals surface area contributed by atoms with Crippen LogP contribution in [0.15, 0.2) is 23.2 Å². The smallest absolute Gasteiger partial charge is 0.416 e. The van der Waals surface area contributed by atoms with E-state index in [0.717, 1.165) is 6.07 Å². The number of nitrogens with one attached hydrogen (secondary N) is 2. The average molecular weight is 403 g/mol. The summed E-state index contributed by atoms with van der Waals surface area (Å²) in [6.07, 6.45) is -4.42. The Morgan fingerprint density at radius 3 is 2.45 bits per heavy atom. The topological polar surface area (TPSA) is 45.7 Å². The second-order valence-corrected chi connectivity index (χ2v) is 3.70. The molecule has 0 amide bonds. The largest absolute Gasteiger partial charge is 0.497 e. The van der Waals surface area contributed by atoms with Gasteiger partial charge in [0.25, 0.3) is 0 Å². The first-order valence-electron chi connectivity index (χ1n) is 5.55. The molecule has 0 aliphatic carbocycles. The summed E-state index contributed by atoms with van der Waals surface area (Å²) in [7, 11) is 4.50. The molecule has 1 rings (SSSR count). The minimum Gasteiger partial charge on any atom is -0.497 e. The second-order valence-electron chi connectivity index (χ2n) is 3.70. The Morgan fingerprint density at radius 1 is 1.35 bits per heavy atom. The zero-order valence-corrected chi connectivity index (χ0v) is 13.7. The molecule has 0 radical (unpaired) electrons. The molecule has 0 aromatic heterocycles. The summed E-state index contributed by atoms with van der Waals surface area (Å²) in [5, 5.41) is 5.52. The molecule has 0 saturated carbocycles. The number of hydrogen-bond donors (Lipinski definition) is 2. The van der Waals surface area contributed by atoms with Gasteiger partial charge in [-0.25, -0.2) is 0 Å². The minimum atomic E-state index is -4.42. The van der Waals surface area contributed by atoms with Crippen LogP contribution in [0.3, 0.4) is 0 Å². The fourth-order valence-corrected chi connectivity index (χ4v) is 1.56. The van der Waals surface area contributed by atoms with Crippen molar-refractivity contribution in [2.45, 2.75) is 12.7 Å². The first kappa shape index (κ1) is 18.8. The highest BCUT2D eigenvalue weighted by Crippen LogP contribution is 2.34. The summed E-state index contributed by atoms with van der Waals surface area (Å²) in [5.41, 5.74) is -0.587. The van der Waals surface area contributed by atoms with Gasteiger partial charge in [-0.15, -0.1) is 24.0 Å². The SMILES string of the molecule is CN=C(NC)NCc1ccc(OC)cc1C(F)(F)F.I. The van der Waals surface area contributed by atoms with Crippen LogP contribution < -0.4 is 15.4 Å². The van der Waals surface area contributed by atoms with Crippen molar-refractivity contribution < 1.29 is 17.9 Å². The molecule has 8 heteroatoms. The number of guanidine groups is 1. The molecule has 1 aromatic rings. The van der Waals surface area contributed by atoms with Crippen molar-refractivity contribution >= 4 is 29.9 Å². The standard InChI is InChI=1S/C12H16F3N3O.HI/c1-16-11(17-2)18-7-8-4-5-9(19-3)6-10(8)12(13,14)15;/h4-6H,7H2,1-3H3,(H2,16,17,18);1H. The Morgan fingerprint density at radius 2 is 2.00 bits per heavy atom. The molecule has 0 aliphatic rings. The molecule has 0 spiro atoms. The molecule has 114 valence electrons. The normalized spacial score (nSPS) is 11.6. The van der Waals surface area contributed by atoms with Gasteiger partial charge in [-0.1, -0.05) is 6.07 Å². The van der Waals surface area contributed by atoms with Crippen molar-refractivity contribution in [3.05, 3.63) is 29.3 Å². The number of ether oxygens (including phenoxy) is 1. The van der Waals surface area contributed by atoms with E-state index < -0.39 is 11.7 Å². The number of halogens is 4. The molecule has 1 aromatic carbocycles. The molecule has 0 saturated heterocycles. The highest BCUT2D eigenvalue weighted by Gasteiger charge is 2.33. The van der Waals surface area contributed by atoms with E-state index in [0.29, 0.717) is 5.96 Å². The monoisotopic (exact) mass is 403 g/mol. The van der Waals surface area contributed by atoms with Crippen molar-refractivity contribution in [1.29, 1.82) is 0 Å². The van der Waals surface area contributed by atoms with Gasteiger partial charge in [-0.05, 0) is 17.7 Å². The third-order valence-corrected chi connectivity index (χ3v) is 2.53. The predicted octanol–water partition coefficient (Wildman–Crippen LogP) is 2.63. The number of aliphatic imine (C=N–C) groups is 1. The lowest BCUT2D eigenvalue weighted by molar-refractivity contribution is -0.138. The molecule has 0 fully saturated rings. The van der Waals surface area contributed by atoms with Gasteiger partial charge in [0.15, 0.2) is 5.96 Å². The third kappa shape index (κ3) is 5.06. The summed E-state index contributed by atoms with van der Waals surface area (Å²) >= 11 is 0. The number of benzene rings is 1. The molecule has 0 bridgehead atoms. The van der Waals surface area contributed by atoms with Crippen LogP contribution in [0.4, 0.5) is 13.2 Å². The Hall–Kier alpha value is -1.19. The van der Waals surface area contributed by atoms with E-state index in [-0.39, 0.29) is 41.8 Å². The van der Waals surface area contributed by atoms with Gasteiger partial charge >= 0.3 is 6.18 Å². The maximum absolute atomic E-state index is 12.9. The Balaban J connectivity index is 0.00000361. The third-order valence-electron chi connectivity index (χ3n) is 2.53. The molecule has 0 unspecified atom stereocenters. The highest BCUT2D eigenvalue weighted by atomic mass is 127. The van der Waals surface area contributed by atoms with E-state index in [1.54, 1.807) is 7.05 Å². The van der Waals surface area contributed by atoms with Gasteiger partial charge in [-0.2, -0.15) is 13.2 Å². The molecule has 0 heterocycles. The Labute approximate surface area is 132 Å². The summed E-state index contributed by atoms with van der Waals surface area (Å²) in [4.78, 5) is 3.84. The van der Waals surface area contributed by atoms with E-state index in [2.05, 4.69) is 15.6 Å². The van der Waals surface area contributed by atoms with Gasteiger partial charge in [0, 0.05) is 20.6 Å². The number of rotatable bonds is 3. The number of methoxy groups -OCH3 is 1. The number of nitrogens with zero attached hydrogens (tertiary/aromatic N) is 1. The zero-order chi connectivity index (χ0) is 14.5. The maximum Gasteiger partial charge on any atom is 0.416 e. The van der Waals surface area contributed by atoms with Gasteiger partial charge in [0.1, 0.15) is 5.75 Å². The molecule has 2 N–H and O–H groups in total. The molecular formula is C12H17F3IN3O. The highest BCUT2D eigenvalue weighted by molar-refractivity contribution is 14.0. The average Bonchev–Trinajstić information content (AvgIpc) is 2.39. The van der Waals surface area contributed by atoms with E-state index in [1.165, 1.54) is 26.3 Å². The van der Waals surface area contributed by atoms with Crippen molar-refractivity contribution in [2.24, 2.45) is 4.99 Å². The van der Waals surface area contributed by atoms with Gasteiger partial charge in [-0.3, -0.25) is 4.99 Å². The van der Waals surface area contributed by atoms with Crippen LogP contribution in [0, 0.1) is 0 Å². The van der Waals surface area contributed by atoms with E-state index in [1.807, 2.05) is 0 Å². The Bertz CT molecular complexity index is 464. The van der Waals surface area contributed by atoms with Crippen molar-refractivity contribution in [1.82, 2.24) is 10.6 Å². The van der Waals surface area contributed by atoms with E-state index in [9.17, 15) is 13.2 Å². The van der Waals surface area contributed by atoms with Crippen LogP contribution in [0.1, 0.15) is 11.1 Å². The quantitative estimate of drug-likeness (QED) is 0.464. The predicted molar refractivity (Wildman–Crippen MR) is 82.7 cm³/mol. The molecule has 0 aliphatic heterocycles. The summed E-state index contributed by atoms with van der Waals surface area (Å²) in [6, 6.07) is 3.87. The lowest BCUT2D eigenvalue weighted by Gasteiger charge is -2.15. The zero-order valence-electron chi connectivity index (χ0n) is 11.3. The fraction of sp³-hybridized carbons (Fsp3) is 0.417. The van der Waals surface area contributed by atoms with E-state index >= 15 is 0 Å². The first-order chi connectivity index (χ1) is 8.92. The number of alkyl halides is 3. The second kappa shape index (κ2) is 8.18.